The number of nitrogens with one attached hydrogen (secondary N) is 5. The van der Waals surface area contributed by atoms with Crippen molar-refractivity contribution in [1.82, 2.24) is 25.5 Å². The van der Waals surface area contributed by atoms with Gasteiger partial charge >= 0.3 is 0 Å². The third-order valence-electron chi connectivity index (χ3n) is 12.2. The molecular formula is C50H56F2N8O8S2. The average molecular weight is 999 g/mol. The molecule has 3 aromatic carbocycles. The number of amides is 4. The maximum absolute atomic E-state index is 15.5. The van der Waals surface area contributed by atoms with Gasteiger partial charge in [0.2, 0.25) is 33.7 Å². The molecule has 6 N–H and O–H groups in total. The lowest BCUT2D eigenvalue weighted by atomic mass is 9.85. The van der Waals surface area contributed by atoms with Crippen LogP contribution in [0.2, 0.25) is 0 Å². The Morgan fingerprint density at radius 1 is 0.943 bits per heavy atom. The first-order chi connectivity index (χ1) is 33.2. The zero-order valence-electron chi connectivity index (χ0n) is 39.4. The number of hydrogen-bond donors (Lipinski definition) is 6. The Bertz CT molecular complexity index is 2890. The fourth-order valence-electron chi connectivity index (χ4n) is 8.51. The number of pyridine rings is 1. The Morgan fingerprint density at radius 3 is 2.31 bits per heavy atom. The number of sulfonamides is 1. The first-order valence-corrected chi connectivity index (χ1v) is 25.5. The molecule has 0 saturated carbocycles. The Labute approximate surface area is 409 Å². The number of carbonyl (C=O) groups is 5. The van der Waals surface area contributed by atoms with Crippen LogP contribution in [0.3, 0.4) is 0 Å². The van der Waals surface area contributed by atoms with Crippen molar-refractivity contribution < 1.29 is 46.3 Å². The fourth-order valence-corrected chi connectivity index (χ4v) is 10.5. The van der Waals surface area contributed by atoms with Crippen molar-refractivity contribution in [3.05, 3.63) is 112 Å². The molecule has 370 valence electrons. The number of anilines is 3. The molecule has 20 heteroatoms. The number of rotatable bonds is 18. The molecule has 0 bridgehead atoms. The van der Waals surface area contributed by atoms with Gasteiger partial charge in [0.05, 0.1) is 45.1 Å². The molecule has 0 aliphatic carbocycles. The number of carbonyl (C=O) groups excluding carboxylic acids is 5. The Kier molecular flexibility index (Phi) is 15.8. The number of β-amino-alcohol motifs (C(OH)–C–C–N with tert-alkyl or cyclic N) is 1. The van der Waals surface area contributed by atoms with Crippen molar-refractivity contribution >= 4 is 68.0 Å². The molecule has 4 heterocycles. The summed E-state index contributed by atoms with van der Waals surface area (Å²) in [5.74, 6) is -6.00. The van der Waals surface area contributed by atoms with Gasteiger partial charge in [0, 0.05) is 61.9 Å². The van der Waals surface area contributed by atoms with Gasteiger partial charge in [-0.1, -0.05) is 64.1 Å². The second-order valence-electron chi connectivity index (χ2n) is 18.6. The lowest BCUT2D eigenvalue weighted by molar-refractivity contribution is -0.144. The number of aryl methyl sites for hydroxylation is 1. The van der Waals surface area contributed by atoms with E-state index in [-0.39, 0.29) is 63.4 Å². The van der Waals surface area contributed by atoms with Crippen molar-refractivity contribution in [1.29, 1.82) is 0 Å². The SMILES string of the molecule is CCCS(=O)(=O)Nc1ccc(F)c(C(=O)C2CNc3ncc(-c4ccc(NC(=O)CCCC(=O)N[C@H](C(=O)N5C[C@H](O)C[C@H]5C(=O)NCc5ccc(-c6scnc6C)cc5)C(C)(C)C)cc4)cc32)c1F. The molecule has 0 radical (unpaired) electrons. The highest BCUT2D eigenvalue weighted by Gasteiger charge is 2.44. The fraction of sp³-hybridized carbons (Fsp3) is 0.380. The molecule has 2 aliphatic heterocycles. The van der Waals surface area contributed by atoms with E-state index in [4.69, 9.17) is 0 Å². The van der Waals surface area contributed by atoms with Crippen LogP contribution in [0.5, 0.6) is 0 Å². The second-order valence-corrected chi connectivity index (χ2v) is 21.3. The first kappa shape index (κ1) is 51.2. The summed E-state index contributed by atoms with van der Waals surface area (Å²) in [4.78, 5) is 78.6. The highest BCUT2D eigenvalue weighted by atomic mass is 32.2. The van der Waals surface area contributed by atoms with Gasteiger partial charge in [-0.15, -0.1) is 11.3 Å². The maximum Gasteiger partial charge on any atom is 0.246 e. The van der Waals surface area contributed by atoms with E-state index in [9.17, 15) is 37.5 Å². The summed E-state index contributed by atoms with van der Waals surface area (Å²) in [7, 11) is -3.92. The largest absolute Gasteiger partial charge is 0.391 e. The van der Waals surface area contributed by atoms with Crippen LogP contribution < -0.4 is 26.0 Å². The van der Waals surface area contributed by atoms with Crippen molar-refractivity contribution in [2.45, 2.75) is 97.4 Å². The summed E-state index contributed by atoms with van der Waals surface area (Å²) in [5.41, 5.74) is 4.57. The highest BCUT2D eigenvalue weighted by molar-refractivity contribution is 7.92. The third-order valence-corrected chi connectivity index (χ3v) is 14.6. The molecule has 16 nitrogen and oxygen atoms in total. The maximum atomic E-state index is 15.5. The van der Waals surface area contributed by atoms with E-state index in [1.54, 1.807) is 81.1 Å². The van der Waals surface area contributed by atoms with E-state index in [2.05, 4.69) is 36.0 Å². The van der Waals surface area contributed by atoms with E-state index < -0.39 is 85.9 Å². The summed E-state index contributed by atoms with van der Waals surface area (Å²) < 4.78 is 57.3. The number of thiazole rings is 1. The van der Waals surface area contributed by atoms with Crippen LogP contribution >= 0.6 is 11.3 Å². The monoisotopic (exact) mass is 998 g/mol. The number of benzene rings is 3. The summed E-state index contributed by atoms with van der Waals surface area (Å²) in [6, 6.07) is 16.0. The average Bonchev–Trinajstić information content (AvgIpc) is 4.06. The van der Waals surface area contributed by atoms with Crippen LogP contribution in [-0.2, 0) is 35.7 Å². The summed E-state index contributed by atoms with van der Waals surface area (Å²) in [6.07, 6.45) is 1.05. The number of fused-ring (bicyclic) bond motifs is 1. The summed E-state index contributed by atoms with van der Waals surface area (Å²) in [5, 5.41) is 22.1. The van der Waals surface area contributed by atoms with E-state index in [1.165, 1.54) is 4.90 Å². The van der Waals surface area contributed by atoms with Crippen molar-refractivity contribution in [2.75, 3.05) is 34.2 Å². The van der Waals surface area contributed by atoms with Crippen molar-refractivity contribution in [3.8, 4) is 21.6 Å². The Balaban J connectivity index is 0.905. The number of aromatic nitrogens is 2. The minimum atomic E-state index is -3.92. The van der Waals surface area contributed by atoms with Crippen LogP contribution in [0.25, 0.3) is 21.6 Å². The van der Waals surface area contributed by atoms with Crippen LogP contribution in [0, 0.1) is 24.0 Å². The third kappa shape index (κ3) is 12.0. The predicted molar refractivity (Wildman–Crippen MR) is 263 cm³/mol. The van der Waals surface area contributed by atoms with E-state index >= 15 is 8.78 Å². The zero-order valence-corrected chi connectivity index (χ0v) is 41.0. The number of hydrogen-bond acceptors (Lipinski definition) is 12. The van der Waals surface area contributed by atoms with Crippen LogP contribution in [0.15, 0.2) is 78.4 Å². The van der Waals surface area contributed by atoms with E-state index in [0.717, 1.165) is 33.8 Å². The Morgan fingerprint density at radius 2 is 1.64 bits per heavy atom. The summed E-state index contributed by atoms with van der Waals surface area (Å²) in [6.45, 7) is 9.12. The molecule has 4 atom stereocenters. The van der Waals surface area contributed by atoms with Gasteiger partial charge in [0.1, 0.15) is 23.7 Å². The first-order valence-electron chi connectivity index (χ1n) is 22.9. The van der Waals surface area contributed by atoms with E-state index in [1.807, 2.05) is 31.2 Å². The molecule has 7 rings (SSSR count). The molecule has 4 amide bonds. The Hall–Kier alpha value is -6.64. The molecule has 0 spiro atoms. The zero-order chi connectivity index (χ0) is 50.5. The molecule has 1 unspecified atom stereocenters. The van der Waals surface area contributed by atoms with Gasteiger partial charge in [-0.2, -0.15) is 0 Å². The van der Waals surface area contributed by atoms with Gasteiger partial charge in [0.25, 0.3) is 0 Å². The topological polar surface area (TPSA) is 229 Å². The molecular weight excluding hydrogens is 943 g/mol. The second kappa shape index (κ2) is 21.6. The number of ketones is 1. The minimum Gasteiger partial charge on any atom is -0.391 e. The van der Waals surface area contributed by atoms with Crippen molar-refractivity contribution in [3.63, 3.8) is 0 Å². The van der Waals surface area contributed by atoms with Gasteiger partial charge in [-0.25, -0.2) is 27.2 Å². The molecule has 1 fully saturated rings. The molecule has 70 heavy (non-hydrogen) atoms. The number of nitrogens with zero attached hydrogens (tertiary/aromatic N) is 3. The number of aliphatic hydroxyl groups excluding tert-OH is 1. The standard InChI is InChI=1S/C50H56F2N8O8S2/c1-6-20-70(67,68)59-38-19-18-37(51)42(43(38)52)44(64)36-25-54-47-35(36)21-32(24-53-47)30-14-16-33(17-15-30)57-40(62)8-7-9-41(63)58-46(50(3,4)5)49(66)60-26-34(61)22-39(60)48(65)55-23-29-10-12-31(13-11-29)45-28(2)56-27-69-45/h10-19,21,24,27,34,36,39,46,59,61H,6-9,20,22-23,25-26H2,1-5H3,(H,53,54)(H,55,65)(H,57,62)(H,58,63)/t34-,36?,39+,46-/m1/s1. The molecule has 1 saturated heterocycles. The van der Waals surface area contributed by atoms with Gasteiger partial charge < -0.3 is 31.3 Å². The number of Topliss-reactive ketones (excluding diaryl/α,β-unsaturated/α-hetero) is 1. The quantitative estimate of drug-likeness (QED) is 0.0494. The number of halogens is 2. The number of likely N-dealkylation sites (tertiary alicyclic amines) is 1. The smallest absolute Gasteiger partial charge is 0.246 e. The van der Waals surface area contributed by atoms with Crippen molar-refractivity contribution in [2.24, 2.45) is 5.41 Å². The molecule has 2 aliphatic rings. The van der Waals surface area contributed by atoms with Gasteiger partial charge in [-0.05, 0) is 72.2 Å². The lowest BCUT2D eigenvalue weighted by Crippen LogP contribution is -2.57. The van der Waals surface area contributed by atoms with Crippen LogP contribution in [0.4, 0.5) is 26.0 Å². The molecule has 2 aromatic heterocycles. The van der Waals surface area contributed by atoms with Crippen LogP contribution in [0.1, 0.15) is 92.9 Å². The van der Waals surface area contributed by atoms with E-state index in [0.29, 0.717) is 28.2 Å². The minimum absolute atomic E-state index is 0.00802. The lowest BCUT2D eigenvalue weighted by Gasteiger charge is -2.35. The number of aliphatic hydroxyl groups is 1. The molecule has 5 aromatic rings. The van der Waals surface area contributed by atoms with Gasteiger partial charge in [-0.3, -0.25) is 28.7 Å². The highest BCUT2D eigenvalue weighted by Crippen LogP contribution is 2.37. The predicted octanol–water partition coefficient (Wildman–Crippen LogP) is 6.92. The normalized spacial score (nSPS) is 17.0. The van der Waals surface area contributed by atoms with Crippen LogP contribution in [-0.4, -0.2) is 94.8 Å². The summed E-state index contributed by atoms with van der Waals surface area (Å²) >= 11 is 1.55. The van der Waals surface area contributed by atoms with Gasteiger partial charge in [0.15, 0.2) is 11.6 Å².